The molecule has 0 atom stereocenters. The third-order valence-corrected chi connectivity index (χ3v) is 3.61. The van der Waals surface area contributed by atoms with Gasteiger partial charge >= 0.3 is 0 Å². The van der Waals surface area contributed by atoms with Crippen molar-refractivity contribution in [2.24, 2.45) is 5.92 Å². The molecule has 1 aliphatic carbocycles. The lowest BCUT2D eigenvalue weighted by Crippen LogP contribution is -2.16. The van der Waals surface area contributed by atoms with Gasteiger partial charge in [-0.3, -0.25) is 0 Å². The maximum absolute atomic E-state index is 13.9. The number of methoxy groups -OCH3 is 1. The van der Waals surface area contributed by atoms with Crippen LogP contribution >= 0.6 is 0 Å². The largest absolute Gasteiger partial charge is 0.497 e. The molecule has 0 bridgehead atoms. The van der Waals surface area contributed by atoms with E-state index in [0.29, 0.717) is 24.4 Å². The molecule has 2 aromatic rings. The van der Waals surface area contributed by atoms with E-state index in [4.69, 9.17) is 4.74 Å². The fourth-order valence-electron chi connectivity index (χ4n) is 2.18. The van der Waals surface area contributed by atoms with E-state index >= 15 is 0 Å². The summed E-state index contributed by atoms with van der Waals surface area (Å²) in [4.78, 5) is 0. The number of benzene rings is 1. The fraction of sp³-hybridized carbons (Fsp3) is 0.467. The summed E-state index contributed by atoms with van der Waals surface area (Å²) in [5.41, 5.74) is 1.45. The quantitative estimate of drug-likeness (QED) is 0.847. The first-order valence-electron chi connectivity index (χ1n) is 7.17. The average molecular weight is 290 g/mol. The predicted octanol–water partition coefficient (Wildman–Crippen LogP) is 1.97. The van der Waals surface area contributed by atoms with Crippen molar-refractivity contribution in [3.05, 3.63) is 41.5 Å². The van der Waals surface area contributed by atoms with Crippen molar-refractivity contribution in [2.45, 2.75) is 25.9 Å². The molecule has 1 saturated carbocycles. The summed E-state index contributed by atoms with van der Waals surface area (Å²) in [5.74, 6) is 1.06. The van der Waals surface area contributed by atoms with Gasteiger partial charge in [0.15, 0.2) is 0 Å². The van der Waals surface area contributed by atoms with Crippen LogP contribution in [-0.4, -0.2) is 28.6 Å². The fourth-order valence-corrected chi connectivity index (χ4v) is 2.18. The molecule has 0 amide bonds. The third kappa shape index (κ3) is 3.78. The Morgan fingerprint density at radius 2 is 2.29 bits per heavy atom. The van der Waals surface area contributed by atoms with E-state index in [1.807, 2.05) is 6.20 Å². The Bertz CT molecular complexity index is 609. The summed E-state index contributed by atoms with van der Waals surface area (Å²) < 4.78 is 20.5. The average Bonchev–Trinajstić information content (AvgIpc) is 3.20. The van der Waals surface area contributed by atoms with Crippen molar-refractivity contribution < 1.29 is 9.13 Å². The van der Waals surface area contributed by atoms with Crippen molar-refractivity contribution in [1.29, 1.82) is 0 Å². The molecule has 1 fully saturated rings. The van der Waals surface area contributed by atoms with Crippen molar-refractivity contribution in [3.63, 3.8) is 0 Å². The normalized spacial score (nSPS) is 14.4. The topological polar surface area (TPSA) is 52.0 Å². The van der Waals surface area contributed by atoms with Gasteiger partial charge in [0.2, 0.25) is 0 Å². The first-order chi connectivity index (χ1) is 10.2. The Labute approximate surface area is 123 Å². The highest BCUT2D eigenvalue weighted by molar-refractivity contribution is 5.28. The van der Waals surface area contributed by atoms with Gasteiger partial charge in [0.25, 0.3) is 0 Å². The molecule has 5 nitrogen and oxygen atoms in total. The molecular weight excluding hydrogens is 271 g/mol. The van der Waals surface area contributed by atoms with E-state index in [9.17, 15) is 4.39 Å². The summed E-state index contributed by atoms with van der Waals surface area (Å²) in [6, 6.07) is 4.83. The Kier molecular flexibility index (Phi) is 4.15. The van der Waals surface area contributed by atoms with Crippen molar-refractivity contribution in [3.8, 4) is 5.75 Å². The Morgan fingerprint density at radius 3 is 3.00 bits per heavy atom. The molecule has 3 rings (SSSR count). The Balaban J connectivity index is 1.58. The van der Waals surface area contributed by atoms with Crippen LogP contribution in [0.4, 0.5) is 4.39 Å². The second-order valence-corrected chi connectivity index (χ2v) is 5.44. The summed E-state index contributed by atoms with van der Waals surface area (Å²) in [5, 5.41) is 11.5. The smallest absolute Gasteiger partial charge is 0.131 e. The third-order valence-electron chi connectivity index (χ3n) is 3.61. The summed E-state index contributed by atoms with van der Waals surface area (Å²) in [7, 11) is 1.52. The van der Waals surface area contributed by atoms with Crippen LogP contribution in [0.5, 0.6) is 5.75 Å². The van der Waals surface area contributed by atoms with Crippen molar-refractivity contribution in [2.75, 3.05) is 13.7 Å². The van der Waals surface area contributed by atoms with Crippen LogP contribution < -0.4 is 10.1 Å². The molecule has 6 heteroatoms. The van der Waals surface area contributed by atoms with Gasteiger partial charge in [0.05, 0.1) is 25.5 Å². The molecule has 112 valence electrons. The van der Waals surface area contributed by atoms with Gasteiger partial charge in [-0.25, -0.2) is 9.07 Å². The summed E-state index contributed by atoms with van der Waals surface area (Å²) in [6.07, 6.45) is 4.51. The standard InChI is InChI=1S/C15H19FN4O/c1-21-14-5-4-12(15(16)6-14)9-20-10-13(18-19-20)8-17-7-11-2-3-11/h4-6,10-11,17H,2-3,7-9H2,1H3. The lowest BCUT2D eigenvalue weighted by molar-refractivity contribution is 0.410. The highest BCUT2D eigenvalue weighted by Gasteiger charge is 2.20. The zero-order chi connectivity index (χ0) is 14.7. The lowest BCUT2D eigenvalue weighted by Gasteiger charge is -2.05. The lowest BCUT2D eigenvalue weighted by atomic mass is 10.2. The molecule has 0 radical (unpaired) electrons. The van der Waals surface area contributed by atoms with E-state index in [0.717, 1.165) is 18.2 Å². The van der Waals surface area contributed by atoms with Gasteiger partial charge in [-0.05, 0) is 31.4 Å². The molecule has 1 aliphatic rings. The van der Waals surface area contributed by atoms with Crippen LogP contribution in [-0.2, 0) is 13.1 Å². The van der Waals surface area contributed by atoms with E-state index in [1.54, 1.807) is 16.8 Å². The predicted molar refractivity (Wildman–Crippen MR) is 76.5 cm³/mol. The zero-order valence-corrected chi connectivity index (χ0v) is 12.1. The van der Waals surface area contributed by atoms with Crippen molar-refractivity contribution in [1.82, 2.24) is 20.3 Å². The van der Waals surface area contributed by atoms with Crippen LogP contribution in [0, 0.1) is 11.7 Å². The molecule has 1 heterocycles. The molecular formula is C15H19FN4O. The molecule has 1 aromatic carbocycles. The first-order valence-corrected chi connectivity index (χ1v) is 7.17. The Hall–Kier alpha value is -1.95. The van der Waals surface area contributed by atoms with Gasteiger partial charge in [-0.1, -0.05) is 11.3 Å². The van der Waals surface area contributed by atoms with Gasteiger partial charge in [-0.2, -0.15) is 0 Å². The molecule has 1 aromatic heterocycles. The van der Waals surface area contributed by atoms with E-state index < -0.39 is 0 Å². The molecule has 0 aliphatic heterocycles. The SMILES string of the molecule is COc1ccc(Cn2cc(CNCC3CC3)nn2)c(F)c1. The molecule has 0 unspecified atom stereocenters. The van der Waals surface area contributed by atoms with Crippen LogP contribution in [0.15, 0.2) is 24.4 Å². The number of halogens is 1. The Morgan fingerprint density at radius 1 is 1.43 bits per heavy atom. The van der Waals surface area contributed by atoms with Crippen molar-refractivity contribution >= 4 is 0 Å². The van der Waals surface area contributed by atoms with E-state index in [1.165, 1.54) is 26.0 Å². The second kappa shape index (κ2) is 6.22. The van der Waals surface area contributed by atoms with Crippen LogP contribution in [0.25, 0.3) is 0 Å². The minimum atomic E-state index is -0.293. The monoisotopic (exact) mass is 290 g/mol. The number of hydrogen-bond acceptors (Lipinski definition) is 4. The number of nitrogens with zero attached hydrogens (tertiary/aromatic N) is 3. The summed E-state index contributed by atoms with van der Waals surface area (Å²) in [6.45, 7) is 2.12. The highest BCUT2D eigenvalue weighted by atomic mass is 19.1. The number of hydrogen-bond donors (Lipinski definition) is 1. The van der Waals surface area contributed by atoms with Gasteiger partial charge in [0.1, 0.15) is 11.6 Å². The zero-order valence-electron chi connectivity index (χ0n) is 12.1. The van der Waals surface area contributed by atoms with Crippen LogP contribution in [0.3, 0.4) is 0 Å². The minimum absolute atomic E-state index is 0.293. The van der Waals surface area contributed by atoms with Gasteiger partial charge in [0, 0.05) is 18.2 Å². The number of ether oxygens (including phenoxy) is 1. The van der Waals surface area contributed by atoms with E-state index in [2.05, 4.69) is 15.6 Å². The van der Waals surface area contributed by atoms with Gasteiger partial charge in [-0.15, -0.1) is 5.10 Å². The van der Waals surface area contributed by atoms with Crippen LogP contribution in [0.1, 0.15) is 24.1 Å². The maximum atomic E-state index is 13.9. The molecule has 0 spiro atoms. The molecule has 0 saturated heterocycles. The molecule has 21 heavy (non-hydrogen) atoms. The first kappa shape index (κ1) is 14.0. The highest BCUT2D eigenvalue weighted by Crippen LogP contribution is 2.27. The summed E-state index contributed by atoms with van der Waals surface area (Å²) >= 11 is 0. The van der Waals surface area contributed by atoms with E-state index in [-0.39, 0.29) is 5.82 Å². The number of rotatable bonds is 7. The molecule has 1 N–H and O–H groups in total. The van der Waals surface area contributed by atoms with Gasteiger partial charge < -0.3 is 10.1 Å². The number of nitrogens with one attached hydrogen (secondary N) is 1. The number of aromatic nitrogens is 3. The van der Waals surface area contributed by atoms with Crippen LogP contribution in [0.2, 0.25) is 0 Å². The maximum Gasteiger partial charge on any atom is 0.131 e. The second-order valence-electron chi connectivity index (χ2n) is 5.44. The minimum Gasteiger partial charge on any atom is -0.497 e.